The number of fused-ring (bicyclic) bond motifs is 1. The van der Waals surface area contributed by atoms with Gasteiger partial charge in [-0.3, -0.25) is 0 Å². The first-order valence-corrected chi connectivity index (χ1v) is 7.01. The van der Waals surface area contributed by atoms with E-state index in [1.54, 1.807) is 18.4 Å². The van der Waals surface area contributed by atoms with Gasteiger partial charge >= 0.3 is 0 Å². The summed E-state index contributed by atoms with van der Waals surface area (Å²) in [6.45, 7) is 0. The van der Waals surface area contributed by atoms with E-state index < -0.39 is 5.38 Å². The number of halogens is 3. The van der Waals surface area contributed by atoms with Crippen molar-refractivity contribution in [1.82, 2.24) is 0 Å². The summed E-state index contributed by atoms with van der Waals surface area (Å²) in [6.07, 6.45) is 1.94. The monoisotopic (exact) mass is 308 g/mol. The molecule has 1 unspecified atom stereocenters. The van der Waals surface area contributed by atoms with Crippen LogP contribution in [-0.4, -0.2) is 0 Å². The van der Waals surface area contributed by atoms with E-state index in [9.17, 15) is 4.39 Å². The van der Waals surface area contributed by atoms with Crippen molar-refractivity contribution < 1.29 is 8.81 Å². The van der Waals surface area contributed by atoms with E-state index in [4.69, 9.17) is 27.6 Å². The topological polar surface area (TPSA) is 13.1 Å². The summed E-state index contributed by atoms with van der Waals surface area (Å²) in [5.74, 6) is -0.337. The number of hydrogen-bond donors (Lipinski definition) is 0. The Balaban J connectivity index is 1.95. The average Bonchev–Trinajstić information content (AvgIpc) is 2.87. The third-order valence-corrected chi connectivity index (χ3v) is 4.04. The molecule has 0 saturated heterocycles. The van der Waals surface area contributed by atoms with Crippen LogP contribution in [0.25, 0.3) is 11.0 Å². The van der Waals surface area contributed by atoms with E-state index in [0.717, 1.165) is 16.5 Å². The number of benzene rings is 2. The van der Waals surface area contributed by atoms with Crippen LogP contribution in [0.15, 0.2) is 53.1 Å². The van der Waals surface area contributed by atoms with Crippen LogP contribution in [0.1, 0.15) is 16.5 Å². The lowest BCUT2D eigenvalue weighted by atomic mass is 10.0. The molecule has 0 radical (unpaired) electrons. The van der Waals surface area contributed by atoms with Gasteiger partial charge in [0.1, 0.15) is 11.4 Å². The molecule has 1 aromatic heterocycles. The van der Waals surface area contributed by atoms with Crippen molar-refractivity contribution in [3.63, 3.8) is 0 Å². The second-order valence-corrected chi connectivity index (χ2v) is 5.49. The summed E-state index contributed by atoms with van der Waals surface area (Å²) in [7, 11) is 0. The van der Waals surface area contributed by atoms with Gasteiger partial charge in [0.05, 0.1) is 11.6 Å². The third kappa shape index (κ3) is 2.41. The average molecular weight is 309 g/mol. The highest BCUT2D eigenvalue weighted by atomic mass is 35.5. The largest absolute Gasteiger partial charge is 0.464 e. The van der Waals surface area contributed by atoms with E-state index >= 15 is 0 Å². The minimum Gasteiger partial charge on any atom is -0.464 e. The molecule has 0 saturated carbocycles. The molecule has 0 fully saturated rings. The molecular formula is C16H11Cl2FO. The van der Waals surface area contributed by atoms with E-state index in [1.807, 2.05) is 24.3 Å². The molecule has 1 nitrogen and oxygen atoms in total. The Morgan fingerprint density at radius 1 is 1.10 bits per heavy atom. The molecule has 102 valence electrons. The number of rotatable bonds is 3. The number of hydrogen-bond acceptors (Lipinski definition) is 1. The standard InChI is InChI=1S/C16H11Cl2FO/c17-13-5-3-6-15(19)11(13)8-14(18)12-9-20-16-7-2-1-4-10(12)16/h1-7,9,14H,8H2. The molecule has 0 aliphatic carbocycles. The second kappa shape index (κ2) is 5.47. The Bertz CT molecular complexity index is 731. The molecule has 1 atom stereocenters. The van der Waals surface area contributed by atoms with Gasteiger partial charge in [0.2, 0.25) is 0 Å². The number of para-hydroxylation sites is 1. The van der Waals surface area contributed by atoms with Gasteiger partial charge < -0.3 is 4.42 Å². The lowest BCUT2D eigenvalue weighted by molar-refractivity contribution is 0.599. The lowest BCUT2D eigenvalue weighted by Gasteiger charge is -2.10. The van der Waals surface area contributed by atoms with Crippen molar-refractivity contribution in [2.45, 2.75) is 11.8 Å². The Morgan fingerprint density at radius 3 is 2.70 bits per heavy atom. The van der Waals surface area contributed by atoms with Crippen LogP contribution in [-0.2, 0) is 6.42 Å². The van der Waals surface area contributed by atoms with E-state index in [2.05, 4.69) is 0 Å². The summed E-state index contributed by atoms with van der Waals surface area (Å²) < 4.78 is 19.3. The van der Waals surface area contributed by atoms with Gasteiger partial charge in [-0.25, -0.2) is 4.39 Å². The minimum atomic E-state index is -0.395. The summed E-state index contributed by atoms with van der Waals surface area (Å²) in [4.78, 5) is 0. The zero-order chi connectivity index (χ0) is 14.1. The first-order valence-electron chi connectivity index (χ1n) is 6.20. The van der Waals surface area contributed by atoms with Crippen molar-refractivity contribution in [2.24, 2.45) is 0 Å². The molecule has 0 spiro atoms. The van der Waals surface area contributed by atoms with Crippen molar-refractivity contribution >= 4 is 34.2 Å². The van der Waals surface area contributed by atoms with Crippen molar-refractivity contribution in [3.05, 3.63) is 70.7 Å². The quantitative estimate of drug-likeness (QED) is 0.562. The fourth-order valence-electron chi connectivity index (χ4n) is 2.26. The highest BCUT2D eigenvalue weighted by molar-refractivity contribution is 6.31. The fraction of sp³-hybridized carbons (Fsp3) is 0.125. The van der Waals surface area contributed by atoms with E-state index in [-0.39, 0.29) is 5.82 Å². The highest BCUT2D eigenvalue weighted by Gasteiger charge is 2.18. The zero-order valence-corrected chi connectivity index (χ0v) is 12.0. The summed E-state index contributed by atoms with van der Waals surface area (Å²) >= 11 is 12.5. The Morgan fingerprint density at radius 2 is 1.90 bits per heavy atom. The van der Waals surface area contributed by atoms with Crippen LogP contribution in [0.3, 0.4) is 0 Å². The van der Waals surface area contributed by atoms with Gasteiger partial charge in [-0.05, 0) is 24.6 Å². The van der Waals surface area contributed by atoms with E-state index in [0.29, 0.717) is 17.0 Å². The van der Waals surface area contributed by atoms with Crippen molar-refractivity contribution in [2.75, 3.05) is 0 Å². The van der Waals surface area contributed by atoms with Crippen molar-refractivity contribution in [1.29, 1.82) is 0 Å². The molecule has 3 aromatic rings. The van der Waals surface area contributed by atoms with Gasteiger partial charge in [-0.1, -0.05) is 35.9 Å². The Labute approximate surface area is 125 Å². The molecule has 20 heavy (non-hydrogen) atoms. The zero-order valence-electron chi connectivity index (χ0n) is 10.4. The molecule has 0 N–H and O–H groups in total. The first kappa shape index (κ1) is 13.5. The highest BCUT2D eigenvalue weighted by Crippen LogP contribution is 2.34. The molecule has 0 aliphatic heterocycles. The second-order valence-electron chi connectivity index (χ2n) is 4.56. The molecule has 2 aromatic carbocycles. The smallest absolute Gasteiger partial charge is 0.134 e. The first-order chi connectivity index (χ1) is 9.66. The lowest BCUT2D eigenvalue weighted by Crippen LogP contribution is -1.99. The maximum Gasteiger partial charge on any atom is 0.134 e. The van der Waals surface area contributed by atoms with Crippen LogP contribution >= 0.6 is 23.2 Å². The van der Waals surface area contributed by atoms with Crippen molar-refractivity contribution in [3.8, 4) is 0 Å². The fourth-order valence-corrected chi connectivity index (χ4v) is 2.82. The molecular weight excluding hydrogens is 298 g/mol. The molecule has 0 amide bonds. The summed E-state index contributed by atoms with van der Waals surface area (Å²) in [5, 5.41) is 0.941. The minimum absolute atomic E-state index is 0.316. The van der Waals surface area contributed by atoms with Gasteiger partial charge in [0.25, 0.3) is 0 Å². The molecule has 0 bridgehead atoms. The van der Waals surface area contributed by atoms with Crippen LogP contribution in [0.5, 0.6) is 0 Å². The molecule has 3 rings (SSSR count). The number of alkyl halides is 1. The summed E-state index contributed by atoms with van der Waals surface area (Å²) in [5.41, 5.74) is 2.05. The van der Waals surface area contributed by atoms with Crippen LogP contribution in [0.2, 0.25) is 5.02 Å². The molecule has 1 heterocycles. The maximum absolute atomic E-state index is 13.8. The van der Waals surface area contributed by atoms with Crippen LogP contribution in [0, 0.1) is 5.82 Å². The predicted octanol–water partition coefficient (Wildman–Crippen LogP) is 5.75. The normalized spacial score (nSPS) is 12.8. The molecule has 4 heteroatoms. The summed E-state index contributed by atoms with van der Waals surface area (Å²) in [6, 6.07) is 12.3. The van der Waals surface area contributed by atoms with Gasteiger partial charge in [-0.2, -0.15) is 0 Å². The van der Waals surface area contributed by atoms with Gasteiger partial charge in [-0.15, -0.1) is 11.6 Å². The Kier molecular flexibility index (Phi) is 3.68. The van der Waals surface area contributed by atoms with Gasteiger partial charge in [0, 0.05) is 21.5 Å². The predicted molar refractivity (Wildman–Crippen MR) is 79.9 cm³/mol. The maximum atomic E-state index is 13.8. The van der Waals surface area contributed by atoms with Gasteiger partial charge in [0.15, 0.2) is 0 Å². The Hall–Kier alpha value is -1.51. The molecule has 0 aliphatic rings. The van der Waals surface area contributed by atoms with Crippen LogP contribution < -0.4 is 0 Å². The number of furan rings is 1. The van der Waals surface area contributed by atoms with Crippen LogP contribution in [0.4, 0.5) is 4.39 Å². The SMILES string of the molecule is Fc1cccc(Cl)c1CC(Cl)c1coc2ccccc12. The van der Waals surface area contributed by atoms with E-state index in [1.165, 1.54) is 6.07 Å². The third-order valence-electron chi connectivity index (χ3n) is 3.29.